The van der Waals surface area contributed by atoms with Crippen LogP contribution in [0.5, 0.6) is 5.75 Å². The monoisotopic (exact) mass is 484 g/mol. The minimum absolute atomic E-state index is 0.0667. The Labute approximate surface area is 211 Å². The van der Waals surface area contributed by atoms with E-state index in [0.29, 0.717) is 39.4 Å². The number of benzene rings is 2. The van der Waals surface area contributed by atoms with Gasteiger partial charge < -0.3 is 14.6 Å². The number of ether oxygens (including phenoxy) is 2. The second-order valence-corrected chi connectivity index (χ2v) is 9.16. The lowest BCUT2D eigenvalue weighted by molar-refractivity contribution is 0.0577. The lowest BCUT2D eigenvalue weighted by Gasteiger charge is -2.28. The van der Waals surface area contributed by atoms with Crippen LogP contribution >= 0.6 is 0 Å². The Kier molecular flexibility index (Phi) is 8.26. The molecule has 0 radical (unpaired) electrons. The Balaban J connectivity index is 1.94. The van der Waals surface area contributed by atoms with Crippen LogP contribution in [-0.4, -0.2) is 21.8 Å². The molecule has 184 valence electrons. The summed E-state index contributed by atoms with van der Waals surface area (Å²) >= 11 is 0. The summed E-state index contributed by atoms with van der Waals surface area (Å²) in [7, 11) is 0. The second-order valence-electron chi connectivity index (χ2n) is 9.16. The second kappa shape index (κ2) is 11.4. The summed E-state index contributed by atoms with van der Waals surface area (Å²) < 4.78 is 11.7. The molecule has 8 nitrogen and oxygen atoms in total. The number of aliphatic hydroxyl groups excluding tert-OH is 1. The number of carbonyl (C=O) groups is 1. The number of hydrogen-bond acceptors (Lipinski definition) is 7. The van der Waals surface area contributed by atoms with Crippen molar-refractivity contribution in [1.82, 2.24) is 4.98 Å². The van der Waals surface area contributed by atoms with Crippen molar-refractivity contribution in [3.8, 4) is 17.9 Å². The molecule has 1 aromatic heterocycles. The van der Waals surface area contributed by atoms with Gasteiger partial charge in [0, 0.05) is 17.4 Å². The molecule has 1 N–H and O–H groups in total. The third kappa shape index (κ3) is 6.59. The molecule has 2 aromatic carbocycles. The van der Waals surface area contributed by atoms with Gasteiger partial charge in [-0.25, -0.2) is 4.79 Å². The number of aliphatic hydroxyl groups is 1. The van der Waals surface area contributed by atoms with E-state index >= 15 is 0 Å². The maximum atomic E-state index is 13.1. The summed E-state index contributed by atoms with van der Waals surface area (Å²) in [4.78, 5) is 19.0. The van der Waals surface area contributed by atoms with Crippen LogP contribution in [0.15, 0.2) is 54.7 Å². The normalized spacial score (nSPS) is 10.8. The first kappa shape index (κ1) is 26.2. The van der Waals surface area contributed by atoms with Crippen LogP contribution in [0.2, 0.25) is 0 Å². The molecule has 0 fully saturated rings. The first-order chi connectivity index (χ1) is 17.1. The Morgan fingerprint density at radius 3 is 2.14 bits per heavy atom. The standard InChI is InChI=1S/C28H28N4O4/c1-19-26(35-18-22-7-5-20(13-29)6-8-22)25(17-33)23(15-31-19)16-32(27(34)36-28(2,3)4)24-11-9-21(14-30)10-12-24/h5-12,15,33H,16-18H2,1-4H3. The number of aromatic nitrogens is 1. The number of hydrogen-bond donors (Lipinski definition) is 1. The first-order valence-electron chi connectivity index (χ1n) is 11.4. The summed E-state index contributed by atoms with van der Waals surface area (Å²) in [5.74, 6) is 0.434. The highest BCUT2D eigenvalue weighted by atomic mass is 16.6. The van der Waals surface area contributed by atoms with E-state index in [2.05, 4.69) is 17.1 Å². The van der Waals surface area contributed by atoms with Crippen LogP contribution in [0, 0.1) is 29.6 Å². The van der Waals surface area contributed by atoms with Gasteiger partial charge >= 0.3 is 6.09 Å². The van der Waals surface area contributed by atoms with Gasteiger partial charge in [-0.3, -0.25) is 9.88 Å². The number of carbonyl (C=O) groups excluding carboxylic acids is 1. The van der Waals surface area contributed by atoms with E-state index in [4.69, 9.17) is 20.0 Å². The molecule has 3 rings (SSSR count). The van der Waals surface area contributed by atoms with E-state index in [1.54, 1.807) is 82.4 Å². The molecule has 1 amide bonds. The number of amides is 1. The first-order valence-corrected chi connectivity index (χ1v) is 11.4. The lowest BCUT2D eigenvalue weighted by atomic mass is 10.1. The van der Waals surface area contributed by atoms with E-state index < -0.39 is 11.7 Å². The topological polar surface area (TPSA) is 119 Å². The number of anilines is 1. The summed E-state index contributed by atoms with van der Waals surface area (Å²) in [6.07, 6.45) is 1.04. The average Bonchev–Trinajstić information content (AvgIpc) is 2.86. The largest absolute Gasteiger partial charge is 0.487 e. The van der Waals surface area contributed by atoms with E-state index in [0.717, 1.165) is 5.56 Å². The molecule has 0 saturated heterocycles. The van der Waals surface area contributed by atoms with Gasteiger partial charge in [0.2, 0.25) is 0 Å². The zero-order valence-electron chi connectivity index (χ0n) is 20.8. The van der Waals surface area contributed by atoms with Gasteiger partial charge in [0.15, 0.2) is 0 Å². The molecular formula is C28H28N4O4. The van der Waals surface area contributed by atoms with Crippen molar-refractivity contribution < 1.29 is 19.4 Å². The smallest absolute Gasteiger partial charge is 0.415 e. The fourth-order valence-corrected chi connectivity index (χ4v) is 3.47. The van der Waals surface area contributed by atoms with Crippen molar-refractivity contribution in [2.45, 2.75) is 53.1 Å². The number of nitriles is 2. The van der Waals surface area contributed by atoms with Gasteiger partial charge in [-0.15, -0.1) is 0 Å². The molecule has 0 aliphatic heterocycles. The van der Waals surface area contributed by atoms with Crippen molar-refractivity contribution in [3.63, 3.8) is 0 Å². The molecule has 0 spiro atoms. The molecule has 0 bridgehead atoms. The summed E-state index contributed by atoms with van der Waals surface area (Å²) in [6, 6.07) is 17.8. The highest BCUT2D eigenvalue weighted by Gasteiger charge is 2.26. The van der Waals surface area contributed by atoms with Crippen molar-refractivity contribution in [2.24, 2.45) is 0 Å². The molecule has 36 heavy (non-hydrogen) atoms. The number of rotatable bonds is 7. The van der Waals surface area contributed by atoms with E-state index in [9.17, 15) is 9.90 Å². The number of aryl methyl sites for hydroxylation is 1. The quantitative estimate of drug-likeness (QED) is 0.493. The molecule has 3 aromatic rings. The van der Waals surface area contributed by atoms with Crippen molar-refractivity contribution in [3.05, 3.63) is 88.2 Å². The van der Waals surface area contributed by atoms with Gasteiger partial charge in [0.25, 0.3) is 0 Å². The lowest BCUT2D eigenvalue weighted by Crippen LogP contribution is -2.36. The highest BCUT2D eigenvalue weighted by molar-refractivity contribution is 5.88. The van der Waals surface area contributed by atoms with Gasteiger partial charge in [0.05, 0.1) is 42.1 Å². The van der Waals surface area contributed by atoms with Crippen LogP contribution in [-0.2, 0) is 24.5 Å². The Morgan fingerprint density at radius 1 is 1.03 bits per heavy atom. The third-order valence-corrected chi connectivity index (χ3v) is 5.28. The molecule has 0 aliphatic rings. The molecule has 8 heteroatoms. The highest BCUT2D eigenvalue weighted by Crippen LogP contribution is 2.29. The Bertz CT molecular complexity index is 1300. The average molecular weight is 485 g/mol. The van der Waals surface area contributed by atoms with Crippen LogP contribution in [0.25, 0.3) is 0 Å². The fourth-order valence-electron chi connectivity index (χ4n) is 3.47. The van der Waals surface area contributed by atoms with Gasteiger partial charge in [-0.1, -0.05) is 12.1 Å². The predicted molar refractivity (Wildman–Crippen MR) is 134 cm³/mol. The van der Waals surface area contributed by atoms with Crippen molar-refractivity contribution in [1.29, 1.82) is 10.5 Å². The van der Waals surface area contributed by atoms with E-state index in [1.807, 2.05) is 0 Å². The molecule has 1 heterocycles. The van der Waals surface area contributed by atoms with E-state index in [1.165, 1.54) is 4.90 Å². The zero-order chi connectivity index (χ0) is 26.3. The van der Waals surface area contributed by atoms with Gasteiger partial charge in [-0.2, -0.15) is 10.5 Å². The molecule has 0 aliphatic carbocycles. The van der Waals surface area contributed by atoms with E-state index in [-0.39, 0.29) is 19.8 Å². The predicted octanol–water partition coefficient (Wildman–Crippen LogP) is 5.15. The van der Waals surface area contributed by atoms with Crippen LogP contribution in [0.4, 0.5) is 10.5 Å². The Hall–Kier alpha value is -4.40. The Morgan fingerprint density at radius 2 is 1.61 bits per heavy atom. The van der Waals surface area contributed by atoms with Crippen LogP contribution < -0.4 is 9.64 Å². The number of pyridine rings is 1. The zero-order valence-corrected chi connectivity index (χ0v) is 20.8. The number of nitrogens with zero attached hydrogens (tertiary/aromatic N) is 4. The molecule has 0 saturated carbocycles. The molecule has 0 unspecified atom stereocenters. The summed E-state index contributed by atoms with van der Waals surface area (Å²) in [5, 5.41) is 28.4. The molecular weight excluding hydrogens is 456 g/mol. The van der Waals surface area contributed by atoms with Gasteiger partial charge in [0.1, 0.15) is 18.0 Å². The maximum Gasteiger partial charge on any atom is 0.415 e. The molecule has 0 atom stereocenters. The minimum atomic E-state index is -0.720. The third-order valence-electron chi connectivity index (χ3n) is 5.28. The van der Waals surface area contributed by atoms with Gasteiger partial charge in [-0.05, 0) is 75.2 Å². The van der Waals surface area contributed by atoms with Crippen molar-refractivity contribution in [2.75, 3.05) is 4.90 Å². The minimum Gasteiger partial charge on any atom is -0.487 e. The summed E-state index contributed by atoms with van der Waals surface area (Å²) in [6.45, 7) is 7.09. The van der Waals surface area contributed by atoms with Crippen LogP contribution in [0.1, 0.15) is 54.3 Å². The summed E-state index contributed by atoms with van der Waals surface area (Å²) in [5.41, 5.74) is 3.39. The maximum absolute atomic E-state index is 13.1. The van der Waals surface area contributed by atoms with Crippen molar-refractivity contribution >= 4 is 11.8 Å². The fraction of sp³-hybridized carbons (Fsp3) is 0.286. The SMILES string of the molecule is Cc1ncc(CN(C(=O)OC(C)(C)C)c2ccc(C#N)cc2)c(CO)c1OCc1ccc(C#N)cc1. The van der Waals surface area contributed by atoms with Crippen LogP contribution in [0.3, 0.4) is 0 Å².